The fourth-order valence-corrected chi connectivity index (χ4v) is 6.61. The molecular weight excluding hydrogens is 532 g/mol. The summed E-state index contributed by atoms with van der Waals surface area (Å²) < 4.78 is 2.04. The van der Waals surface area contributed by atoms with Crippen LogP contribution in [0.4, 0.5) is 0 Å². The van der Waals surface area contributed by atoms with Gasteiger partial charge in [0.1, 0.15) is 12.1 Å². The summed E-state index contributed by atoms with van der Waals surface area (Å²) in [5.41, 5.74) is 2.24. The predicted octanol–water partition coefficient (Wildman–Crippen LogP) is 6.26. The molecule has 3 aliphatic rings. The predicted molar refractivity (Wildman–Crippen MR) is 132 cm³/mol. The molecule has 5 rings (SSSR count). The number of hydrogen-bond donors (Lipinski definition) is 0. The number of amides is 2. The summed E-state index contributed by atoms with van der Waals surface area (Å²) in [6.45, 7) is 4.42. The molecule has 0 bridgehead atoms. The van der Waals surface area contributed by atoms with Crippen LogP contribution in [0.2, 0.25) is 0 Å². The Morgan fingerprint density at radius 3 is 1.31 bits per heavy atom. The molecule has 168 valence electrons. The molecular formula is C26H28Br2N2O2. The van der Waals surface area contributed by atoms with Crippen LogP contribution in [0.15, 0.2) is 57.5 Å². The Labute approximate surface area is 206 Å². The number of fused-ring (bicyclic) bond motifs is 2. The molecule has 2 aromatic rings. The van der Waals surface area contributed by atoms with E-state index in [0.29, 0.717) is 11.8 Å². The molecule has 0 radical (unpaired) electrons. The first-order valence-corrected chi connectivity index (χ1v) is 13.1. The van der Waals surface area contributed by atoms with Gasteiger partial charge in [-0.3, -0.25) is 9.59 Å². The third kappa shape index (κ3) is 3.63. The lowest BCUT2D eigenvalue weighted by Crippen LogP contribution is -2.69. The van der Waals surface area contributed by atoms with Crippen molar-refractivity contribution in [3.63, 3.8) is 0 Å². The SMILES string of the molecule is C[C@@H]1CC[C@@H]2C(=O)N3[C@H](CC[C@@H](C)[C@@H]3c3ccc(Br)cc3)C(=O)N2[C@H]1c1ccc(Br)cc1. The minimum atomic E-state index is -0.369. The molecule has 3 aliphatic heterocycles. The Hall–Kier alpha value is -1.66. The second-order valence-electron chi connectivity index (χ2n) is 9.62. The molecule has 2 aromatic carbocycles. The number of halogens is 2. The van der Waals surface area contributed by atoms with E-state index in [2.05, 4.69) is 70.0 Å². The van der Waals surface area contributed by atoms with E-state index in [4.69, 9.17) is 0 Å². The zero-order valence-electron chi connectivity index (χ0n) is 18.4. The lowest BCUT2D eigenvalue weighted by molar-refractivity contribution is -0.177. The molecule has 0 saturated carbocycles. The molecule has 0 aromatic heterocycles. The van der Waals surface area contributed by atoms with Gasteiger partial charge in [-0.15, -0.1) is 0 Å². The third-order valence-corrected chi connectivity index (χ3v) is 8.70. The van der Waals surface area contributed by atoms with Gasteiger partial charge in [0.2, 0.25) is 11.8 Å². The van der Waals surface area contributed by atoms with Crippen LogP contribution in [0.1, 0.15) is 62.7 Å². The molecule has 3 fully saturated rings. The maximum Gasteiger partial charge on any atom is 0.246 e. The number of rotatable bonds is 2. The van der Waals surface area contributed by atoms with Crippen molar-refractivity contribution in [3.05, 3.63) is 68.6 Å². The van der Waals surface area contributed by atoms with E-state index in [9.17, 15) is 9.59 Å². The molecule has 32 heavy (non-hydrogen) atoms. The number of carbonyl (C=O) groups is 2. The van der Waals surface area contributed by atoms with Crippen molar-refractivity contribution < 1.29 is 9.59 Å². The second kappa shape index (κ2) is 8.60. The highest BCUT2D eigenvalue weighted by Gasteiger charge is 2.55. The monoisotopic (exact) mass is 558 g/mol. The molecule has 6 atom stereocenters. The first-order chi connectivity index (χ1) is 15.4. The van der Waals surface area contributed by atoms with Gasteiger partial charge in [-0.25, -0.2) is 0 Å². The number of nitrogens with zero attached hydrogens (tertiary/aromatic N) is 2. The van der Waals surface area contributed by atoms with E-state index in [-0.39, 0.29) is 36.0 Å². The summed E-state index contributed by atoms with van der Waals surface area (Å²) >= 11 is 7.03. The molecule has 0 N–H and O–H groups in total. The van der Waals surface area contributed by atoms with Crippen LogP contribution in [0, 0.1) is 11.8 Å². The van der Waals surface area contributed by atoms with Gasteiger partial charge in [-0.2, -0.15) is 0 Å². The number of piperidine rings is 2. The summed E-state index contributed by atoms with van der Waals surface area (Å²) in [6, 6.07) is 15.6. The van der Waals surface area contributed by atoms with Gasteiger partial charge in [0, 0.05) is 8.95 Å². The van der Waals surface area contributed by atoms with Crippen LogP contribution in [-0.2, 0) is 9.59 Å². The highest BCUT2D eigenvalue weighted by atomic mass is 79.9. The Morgan fingerprint density at radius 2 is 0.969 bits per heavy atom. The summed E-state index contributed by atoms with van der Waals surface area (Å²) in [6.07, 6.45) is 3.36. The highest BCUT2D eigenvalue weighted by Crippen LogP contribution is 2.48. The van der Waals surface area contributed by atoms with E-state index in [0.717, 1.165) is 45.8 Å². The Balaban J connectivity index is 1.54. The summed E-state index contributed by atoms with van der Waals surface area (Å²) in [5, 5.41) is 0. The first kappa shape index (κ1) is 22.1. The maximum atomic E-state index is 14.0. The second-order valence-corrected chi connectivity index (χ2v) is 11.5. The number of carbonyl (C=O) groups excluding carboxylic acids is 2. The maximum absolute atomic E-state index is 14.0. The van der Waals surface area contributed by atoms with E-state index in [1.165, 1.54) is 0 Å². The molecule has 0 spiro atoms. The summed E-state index contributed by atoms with van der Waals surface area (Å²) in [7, 11) is 0. The quantitative estimate of drug-likeness (QED) is 0.435. The van der Waals surface area contributed by atoms with E-state index >= 15 is 0 Å². The zero-order chi connectivity index (χ0) is 22.6. The largest absolute Gasteiger partial charge is 0.322 e. The van der Waals surface area contributed by atoms with Crippen LogP contribution >= 0.6 is 31.9 Å². The van der Waals surface area contributed by atoms with Gasteiger partial charge in [0.25, 0.3) is 0 Å². The van der Waals surface area contributed by atoms with Gasteiger partial charge in [0.15, 0.2) is 0 Å². The number of piperazine rings is 1. The standard InChI is InChI=1S/C26H28Br2N2O2/c1-15-3-13-21-26(32)30-22(14-4-16(2)24(30)18-7-11-20(28)12-8-18)25(31)29(21)23(15)17-5-9-19(27)10-6-17/h5-12,15-16,21-24H,3-4,13-14H2,1-2H3/t15-,16-,21-,22-,23-,24-/m1/s1. The van der Waals surface area contributed by atoms with Crippen molar-refractivity contribution in [2.45, 2.75) is 63.7 Å². The molecule has 0 aliphatic carbocycles. The highest BCUT2D eigenvalue weighted by molar-refractivity contribution is 9.10. The fourth-order valence-electron chi connectivity index (χ4n) is 6.08. The van der Waals surface area contributed by atoms with Crippen molar-refractivity contribution in [2.24, 2.45) is 11.8 Å². The lowest BCUT2D eigenvalue weighted by atomic mass is 9.76. The third-order valence-electron chi connectivity index (χ3n) is 7.64. The number of hydrogen-bond acceptors (Lipinski definition) is 2. The Morgan fingerprint density at radius 1 is 0.625 bits per heavy atom. The minimum Gasteiger partial charge on any atom is -0.322 e. The van der Waals surface area contributed by atoms with Crippen molar-refractivity contribution in [3.8, 4) is 0 Å². The smallest absolute Gasteiger partial charge is 0.246 e. The average molecular weight is 560 g/mol. The normalized spacial score (nSPS) is 32.5. The average Bonchev–Trinajstić information content (AvgIpc) is 2.78. The van der Waals surface area contributed by atoms with Gasteiger partial charge < -0.3 is 9.80 Å². The first-order valence-electron chi connectivity index (χ1n) is 11.5. The molecule has 3 heterocycles. The van der Waals surface area contributed by atoms with Crippen molar-refractivity contribution in [2.75, 3.05) is 0 Å². The number of benzene rings is 2. The Bertz CT molecular complexity index is 940. The minimum absolute atomic E-state index is 0.0501. The summed E-state index contributed by atoms with van der Waals surface area (Å²) in [4.78, 5) is 31.9. The molecule has 4 nitrogen and oxygen atoms in total. The topological polar surface area (TPSA) is 40.6 Å². The van der Waals surface area contributed by atoms with Gasteiger partial charge in [-0.1, -0.05) is 70.0 Å². The van der Waals surface area contributed by atoms with E-state index < -0.39 is 0 Å². The van der Waals surface area contributed by atoms with Gasteiger partial charge in [-0.05, 0) is 72.9 Å². The van der Waals surface area contributed by atoms with Gasteiger partial charge >= 0.3 is 0 Å². The molecule has 6 heteroatoms. The molecule has 3 saturated heterocycles. The van der Waals surface area contributed by atoms with Crippen molar-refractivity contribution in [1.29, 1.82) is 0 Å². The van der Waals surface area contributed by atoms with Gasteiger partial charge in [0.05, 0.1) is 12.1 Å². The molecule has 0 unspecified atom stereocenters. The summed E-state index contributed by atoms with van der Waals surface area (Å²) in [5.74, 6) is 0.896. The van der Waals surface area contributed by atoms with E-state index in [1.54, 1.807) is 0 Å². The van der Waals surface area contributed by atoms with Crippen LogP contribution in [0.5, 0.6) is 0 Å². The Kier molecular flexibility index (Phi) is 5.95. The van der Waals surface area contributed by atoms with Crippen molar-refractivity contribution >= 4 is 43.7 Å². The van der Waals surface area contributed by atoms with Crippen LogP contribution < -0.4 is 0 Å². The zero-order valence-corrected chi connectivity index (χ0v) is 21.6. The van der Waals surface area contributed by atoms with Crippen molar-refractivity contribution in [1.82, 2.24) is 9.80 Å². The molecule has 2 amide bonds. The van der Waals surface area contributed by atoms with Crippen LogP contribution in [-0.4, -0.2) is 33.7 Å². The lowest BCUT2D eigenvalue weighted by Gasteiger charge is -2.56. The van der Waals surface area contributed by atoms with E-state index in [1.807, 2.05) is 34.1 Å². The van der Waals surface area contributed by atoms with Crippen LogP contribution in [0.3, 0.4) is 0 Å². The van der Waals surface area contributed by atoms with Crippen LogP contribution in [0.25, 0.3) is 0 Å². The fraction of sp³-hybridized carbons (Fsp3) is 0.462.